The molecule has 6 heteroatoms. The van der Waals surface area contributed by atoms with Crippen LogP contribution < -0.4 is 4.74 Å². The van der Waals surface area contributed by atoms with Gasteiger partial charge in [-0.1, -0.05) is 6.42 Å². The molecule has 1 aliphatic heterocycles. The highest BCUT2D eigenvalue weighted by atomic mass is 16.5. The summed E-state index contributed by atoms with van der Waals surface area (Å²) in [5.41, 5.74) is -0.218. The maximum atomic E-state index is 12.4. The van der Waals surface area contributed by atoms with Gasteiger partial charge in [-0.15, -0.1) is 0 Å². The van der Waals surface area contributed by atoms with Crippen LogP contribution in [0.2, 0.25) is 0 Å². The van der Waals surface area contributed by atoms with E-state index in [4.69, 9.17) is 4.74 Å². The molecule has 0 aromatic heterocycles. The van der Waals surface area contributed by atoms with Gasteiger partial charge < -0.3 is 14.7 Å². The lowest BCUT2D eigenvalue weighted by molar-refractivity contribution is -0.149. The second kappa shape index (κ2) is 6.86. The van der Waals surface area contributed by atoms with E-state index in [0.29, 0.717) is 24.3 Å². The molecule has 134 valence electrons. The number of hydrogen-bond donors (Lipinski definition) is 1. The number of ketones is 1. The van der Waals surface area contributed by atoms with E-state index in [1.807, 2.05) is 0 Å². The minimum absolute atomic E-state index is 0.0474. The lowest BCUT2D eigenvalue weighted by Crippen LogP contribution is -2.37. The molecule has 2 atom stereocenters. The van der Waals surface area contributed by atoms with Crippen LogP contribution in [0.15, 0.2) is 24.3 Å². The van der Waals surface area contributed by atoms with E-state index in [1.165, 1.54) is 0 Å². The maximum absolute atomic E-state index is 12.4. The van der Waals surface area contributed by atoms with E-state index in [2.05, 4.69) is 0 Å². The summed E-state index contributed by atoms with van der Waals surface area (Å²) in [7, 11) is 1.56. The van der Waals surface area contributed by atoms with Gasteiger partial charge in [0.05, 0.1) is 12.5 Å². The van der Waals surface area contributed by atoms with Crippen molar-refractivity contribution in [2.24, 2.45) is 11.3 Å². The van der Waals surface area contributed by atoms with E-state index < -0.39 is 11.4 Å². The van der Waals surface area contributed by atoms with Gasteiger partial charge in [0, 0.05) is 31.5 Å². The summed E-state index contributed by atoms with van der Waals surface area (Å²) in [6, 6.07) is 6.80. The molecule has 0 unspecified atom stereocenters. The van der Waals surface area contributed by atoms with Crippen LogP contribution in [0, 0.1) is 11.3 Å². The van der Waals surface area contributed by atoms with Crippen molar-refractivity contribution >= 4 is 17.7 Å². The molecule has 1 saturated carbocycles. The number of hydrogen-bond acceptors (Lipinski definition) is 4. The molecule has 1 aromatic carbocycles. The zero-order valence-electron chi connectivity index (χ0n) is 14.4. The molecule has 1 saturated heterocycles. The highest BCUT2D eigenvalue weighted by Crippen LogP contribution is 2.49. The topological polar surface area (TPSA) is 83.9 Å². The van der Waals surface area contributed by atoms with Crippen LogP contribution in [0.1, 0.15) is 42.5 Å². The smallest absolute Gasteiger partial charge is 0.311 e. The molecule has 1 heterocycles. The van der Waals surface area contributed by atoms with E-state index in [0.717, 1.165) is 12.8 Å². The minimum atomic E-state index is -0.792. The van der Waals surface area contributed by atoms with Crippen LogP contribution in [0.25, 0.3) is 0 Å². The summed E-state index contributed by atoms with van der Waals surface area (Å²) in [6.07, 6.45) is 2.66. The van der Waals surface area contributed by atoms with E-state index in [1.54, 1.807) is 36.3 Å². The number of rotatable bonds is 6. The zero-order chi connectivity index (χ0) is 18.0. The number of amides is 1. The number of aliphatic carboxylic acids is 1. The number of carboxylic acid groups (broad SMARTS) is 1. The van der Waals surface area contributed by atoms with E-state index >= 15 is 0 Å². The van der Waals surface area contributed by atoms with Crippen molar-refractivity contribution in [3.63, 3.8) is 0 Å². The van der Waals surface area contributed by atoms with Crippen molar-refractivity contribution < 1.29 is 24.2 Å². The molecule has 2 fully saturated rings. The lowest BCUT2D eigenvalue weighted by Gasteiger charge is -2.23. The number of carbonyl (C=O) groups is 3. The Morgan fingerprint density at radius 3 is 2.56 bits per heavy atom. The van der Waals surface area contributed by atoms with Crippen LogP contribution in [0.3, 0.4) is 0 Å². The average Bonchev–Trinajstić information content (AvgIpc) is 3.18. The quantitative estimate of drug-likeness (QED) is 0.800. The molecule has 1 aliphatic carbocycles. The van der Waals surface area contributed by atoms with Gasteiger partial charge in [0.15, 0.2) is 5.78 Å². The fourth-order valence-corrected chi connectivity index (χ4v) is 4.13. The summed E-state index contributed by atoms with van der Waals surface area (Å²) < 4.78 is 5.06. The predicted molar refractivity (Wildman–Crippen MR) is 90.5 cm³/mol. The molecule has 1 aromatic rings. The Bertz CT molecular complexity index is 684. The first-order valence-corrected chi connectivity index (χ1v) is 8.65. The Morgan fingerprint density at radius 2 is 1.96 bits per heavy atom. The molecular formula is C19H23NO5. The molecule has 25 heavy (non-hydrogen) atoms. The number of fused-ring (bicyclic) bond motifs is 1. The fourth-order valence-electron chi connectivity index (χ4n) is 4.13. The average molecular weight is 345 g/mol. The summed E-state index contributed by atoms with van der Waals surface area (Å²) in [5.74, 6) is -0.290. The predicted octanol–water partition coefficient (Wildman–Crippen LogP) is 2.37. The third kappa shape index (κ3) is 3.25. The second-order valence-electron chi connectivity index (χ2n) is 6.98. The Hall–Kier alpha value is -2.37. The van der Waals surface area contributed by atoms with Crippen LogP contribution in [-0.2, 0) is 9.59 Å². The molecule has 1 amide bonds. The van der Waals surface area contributed by atoms with Gasteiger partial charge in [0.2, 0.25) is 5.91 Å². The Morgan fingerprint density at radius 1 is 1.24 bits per heavy atom. The first-order valence-electron chi connectivity index (χ1n) is 8.65. The molecule has 3 rings (SSSR count). The SMILES string of the molecule is COc1ccc(C(=O)CCC(=O)N2C[C@@H]3CCC[C@@]3(C(=O)O)C2)cc1. The van der Waals surface area contributed by atoms with Gasteiger partial charge in [-0.2, -0.15) is 0 Å². The Balaban J connectivity index is 1.56. The van der Waals surface area contributed by atoms with E-state index in [9.17, 15) is 19.5 Å². The van der Waals surface area contributed by atoms with Crippen molar-refractivity contribution in [2.75, 3.05) is 20.2 Å². The molecule has 0 bridgehead atoms. The van der Waals surface area contributed by atoms with Crippen LogP contribution in [-0.4, -0.2) is 47.9 Å². The Labute approximate surface area is 146 Å². The van der Waals surface area contributed by atoms with Gasteiger partial charge in [0.25, 0.3) is 0 Å². The number of carbonyl (C=O) groups excluding carboxylic acids is 2. The first-order chi connectivity index (χ1) is 12.0. The van der Waals surface area contributed by atoms with Gasteiger partial charge in [-0.3, -0.25) is 14.4 Å². The lowest BCUT2D eigenvalue weighted by atomic mass is 9.81. The first kappa shape index (κ1) is 17.5. The summed E-state index contributed by atoms with van der Waals surface area (Å²) in [6.45, 7) is 0.782. The maximum Gasteiger partial charge on any atom is 0.311 e. The zero-order valence-corrected chi connectivity index (χ0v) is 14.4. The number of carboxylic acids is 1. The number of benzene rings is 1. The monoisotopic (exact) mass is 345 g/mol. The van der Waals surface area contributed by atoms with Crippen molar-refractivity contribution in [3.05, 3.63) is 29.8 Å². The van der Waals surface area contributed by atoms with Gasteiger partial charge in [-0.25, -0.2) is 0 Å². The van der Waals surface area contributed by atoms with Crippen molar-refractivity contribution in [1.29, 1.82) is 0 Å². The van der Waals surface area contributed by atoms with Crippen LogP contribution in [0.4, 0.5) is 0 Å². The third-order valence-electron chi connectivity index (χ3n) is 5.63. The standard InChI is InChI=1S/C19H23NO5/c1-25-15-6-4-13(5-7-15)16(21)8-9-17(22)20-11-14-3-2-10-19(14,12-20)18(23)24/h4-7,14H,2-3,8-12H2,1H3,(H,23,24)/t14-,19+/m0/s1. The van der Waals surface area contributed by atoms with Crippen LogP contribution in [0.5, 0.6) is 5.75 Å². The van der Waals surface area contributed by atoms with Crippen molar-refractivity contribution in [3.8, 4) is 5.75 Å². The van der Waals surface area contributed by atoms with Crippen LogP contribution >= 0.6 is 0 Å². The minimum Gasteiger partial charge on any atom is -0.497 e. The molecule has 6 nitrogen and oxygen atoms in total. The number of methoxy groups -OCH3 is 1. The highest BCUT2D eigenvalue weighted by molar-refractivity contribution is 5.98. The molecular weight excluding hydrogens is 322 g/mol. The summed E-state index contributed by atoms with van der Waals surface area (Å²) in [4.78, 5) is 38.0. The number of nitrogens with zero attached hydrogens (tertiary/aromatic N) is 1. The van der Waals surface area contributed by atoms with Crippen molar-refractivity contribution in [2.45, 2.75) is 32.1 Å². The largest absolute Gasteiger partial charge is 0.497 e. The second-order valence-corrected chi connectivity index (χ2v) is 6.98. The normalized spacial score (nSPS) is 24.8. The summed E-state index contributed by atoms with van der Waals surface area (Å²) in [5, 5.41) is 9.58. The molecule has 1 N–H and O–H groups in total. The molecule has 0 radical (unpaired) electrons. The third-order valence-corrected chi connectivity index (χ3v) is 5.63. The van der Waals surface area contributed by atoms with Gasteiger partial charge >= 0.3 is 5.97 Å². The molecule has 2 aliphatic rings. The van der Waals surface area contributed by atoms with Crippen molar-refractivity contribution in [1.82, 2.24) is 4.90 Å². The number of likely N-dealkylation sites (tertiary alicyclic amines) is 1. The Kier molecular flexibility index (Phi) is 4.79. The van der Waals surface area contributed by atoms with E-state index in [-0.39, 0.29) is 37.0 Å². The summed E-state index contributed by atoms with van der Waals surface area (Å²) >= 11 is 0. The van der Waals surface area contributed by atoms with Gasteiger partial charge in [-0.05, 0) is 43.0 Å². The fraction of sp³-hybridized carbons (Fsp3) is 0.526. The number of ether oxygens (including phenoxy) is 1. The van der Waals surface area contributed by atoms with Gasteiger partial charge in [0.1, 0.15) is 5.75 Å². The number of Topliss-reactive ketones (excluding diaryl/α,β-unsaturated/α-hetero) is 1. The molecule has 0 spiro atoms. The highest BCUT2D eigenvalue weighted by Gasteiger charge is 2.55.